The minimum atomic E-state index is -0.769. The molecule has 0 aliphatic heterocycles. The van der Waals surface area contributed by atoms with Gasteiger partial charge in [-0.2, -0.15) is 0 Å². The van der Waals surface area contributed by atoms with E-state index in [0.717, 1.165) is 38.5 Å². The van der Waals surface area contributed by atoms with Crippen LogP contribution in [0.4, 0.5) is 0 Å². The molecule has 196 valence electrons. The van der Waals surface area contributed by atoms with Gasteiger partial charge in [0, 0.05) is 0 Å². The SMILES string of the molecule is CC(C)(O)[C@@H]1CC[C@@]2(C)[C@H]1[C@@H](O)C[C@]1(C)[C@@H]2CC[C@@H]2[C@@]3(C)CC[C@H](O)C(C)(C)[C@@H]3[C@@H](O)C[C@]21C. The summed E-state index contributed by atoms with van der Waals surface area (Å²) in [6.07, 6.45) is 6.55. The van der Waals surface area contributed by atoms with Gasteiger partial charge in [0.1, 0.15) is 0 Å². The van der Waals surface area contributed by atoms with Crippen molar-refractivity contribution < 1.29 is 20.4 Å². The summed E-state index contributed by atoms with van der Waals surface area (Å²) in [5.41, 5.74) is -1.15. The Balaban J connectivity index is 1.57. The Hall–Kier alpha value is -0.160. The van der Waals surface area contributed by atoms with Crippen LogP contribution in [-0.2, 0) is 0 Å². The molecule has 5 aliphatic carbocycles. The minimum Gasteiger partial charge on any atom is -0.393 e. The van der Waals surface area contributed by atoms with Crippen LogP contribution in [0.3, 0.4) is 0 Å². The Morgan fingerprint density at radius 1 is 0.676 bits per heavy atom. The predicted molar refractivity (Wildman–Crippen MR) is 135 cm³/mol. The maximum Gasteiger partial charge on any atom is 0.0623 e. The molecule has 0 amide bonds. The van der Waals surface area contributed by atoms with Crippen molar-refractivity contribution in [3.05, 3.63) is 0 Å². The van der Waals surface area contributed by atoms with Gasteiger partial charge in [-0.25, -0.2) is 0 Å². The lowest BCUT2D eigenvalue weighted by Gasteiger charge is -2.74. The maximum atomic E-state index is 11.8. The van der Waals surface area contributed by atoms with Gasteiger partial charge in [-0.1, -0.05) is 41.5 Å². The fraction of sp³-hybridized carbons (Fsp3) is 1.00. The second-order valence-electron chi connectivity index (χ2n) is 15.8. The van der Waals surface area contributed by atoms with Crippen LogP contribution >= 0.6 is 0 Å². The average molecular weight is 477 g/mol. The van der Waals surface area contributed by atoms with E-state index in [1.165, 1.54) is 12.8 Å². The number of rotatable bonds is 1. The fourth-order valence-corrected chi connectivity index (χ4v) is 12.3. The van der Waals surface area contributed by atoms with E-state index in [2.05, 4.69) is 41.5 Å². The number of hydrogen-bond donors (Lipinski definition) is 4. The molecule has 12 atom stereocenters. The van der Waals surface area contributed by atoms with Crippen molar-refractivity contribution >= 4 is 0 Å². The third kappa shape index (κ3) is 2.92. The van der Waals surface area contributed by atoms with Crippen LogP contribution in [0.1, 0.15) is 107 Å². The summed E-state index contributed by atoms with van der Waals surface area (Å²) in [5.74, 6) is 1.37. The van der Waals surface area contributed by atoms with Crippen LogP contribution in [0.15, 0.2) is 0 Å². The second kappa shape index (κ2) is 7.23. The molecule has 5 rings (SSSR count). The summed E-state index contributed by atoms with van der Waals surface area (Å²) in [5, 5.41) is 45.4. The highest BCUT2D eigenvalue weighted by Gasteiger charge is 2.74. The molecule has 5 aliphatic rings. The summed E-state index contributed by atoms with van der Waals surface area (Å²) < 4.78 is 0. The van der Waals surface area contributed by atoms with Gasteiger partial charge in [0.15, 0.2) is 0 Å². The summed E-state index contributed by atoms with van der Waals surface area (Å²) in [6, 6.07) is 0. The third-order valence-electron chi connectivity index (χ3n) is 13.7. The largest absolute Gasteiger partial charge is 0.393 e. The van der Waals surface area contributed by atoms with Crippen LogP contribution in [-0.4, -0.2) is 44.3 Å². The molecule has 0 spiro atoms. The first-order chi connectivity index (χ1) is 15.4. The quantitative estimate of drug-likeness (QED) is 0.421. The van der Waals surface area contributed by atoms with Crippen LogP contribution < -0.4 is 0 Å². The monoisotopic (exact) mass is 476 g/mol. The van der Waals surface area contributed by atoms with Gasteiger partial charge >= 0.3 is 0 Å². The van der Waals surface area contributed by atoms with Gasteiger partial charge in [0.05, 0.1) is 23.9 Å². The Morgan fingerprint density at radius 2 is 1.18 bits per heavy atom. The first kappa shape index (κ1) is 25.5. The highest BCUT2D eigenvalue weighted by molar-refractivity contribution is 5.22. The van der Waals surface area contributed by atoms with Crippen molar-refractivity contribution in [3.8, 4) is 0 Å². The molecule has 0 bridgehead atoms. The zero-order chi connectivity index (χ0) is 25.3. The molecule has 0 aromatic carbocycles. The molecule has 0 aromatic rings. The van der Waals surface area contributed by atoms with Gasteiger partial charge < -0.3 is 20.4 Å². The molecule has 5 saturated carbocycles. The molecule has 0 unspecified atom stereocenters. The Labute approximate surface area is 207 Å². The normalized spacial score (nSPS) is 58.9. The van der Waals surface area contributed by atoms with E-state index in [1.54, 1.807) is 0 Å². The van der Waals surface area contributed by atoms with Crippen molar-refractivity contribution in [2.75, 3.05) is 0 Å². The van der Waals surface area contributed by atoms with E-state index in [1.807, 2.05) is 13.8 Å². The van der Waals surface area contributed by atoms with Crippen LogP contribution in [0.25, 0.3) is 0 Å². The zero-order valence-corrected chi connectivity index (χ0v) is 23.1. The summed E-state index contributed by atoms with van der Waals surface area (Å²) >= 11 is 0. The van der Waals surface area contributed by atoms with Gasteiger partial charge in [-0.15, -0.1) is 0 Å². The number of fused-ring (bicyclic) bond motifs is 7. The van der Waals surface area contributed by atoms with Crippen molar-refractivity contribution in [1.29, 1.82) is 0 Å². The summed E-state index contributed by atoms with van der Waals surface area (Å²) in [6.45, 7) is 17.9. The second-order valence-corrected chi connectivity index (χ2v) is 15.8. The van der Waals surface area contributed by atoms with E-state index < -0.39 is 17.8 Å². The number of aliphatic hydroxyl groups excluding tert-OH is 3. The van der Waals surface area contributed by atoms with Crippen molar-refractivity contribution in [3.63, 3.8) is 0 Å². The molecular weight excluding hydrogens is 424 g/mol. The van der Waals surface area contributed by atoms with Gasteiger partial charge in [0.25, 0.3) is 0 Å². The third-order valence-corrected chi connectivity index (χ3v) is 13.7. The highest BCUT2D eigenvalue weighted by Crippen LogP contribution is 2.78. The lowest BCUT2D eigenvalue weighted by Crippen LogP contribution is -2.71. The molecular formula is C30H52O4. The topological polar surface area (TPSA) is 80.9 Å². The Morgan fingerprint density at radius 3 is 1.74 bits per heavy atom. The Bertz CT molecular complexity index is 832. The molecule has 4 N–H and O–H groups in total. The molecule has 4 nitrogen and oxygen atoms in total. The molecule has 5 fully saturated rings. The van der Waals surface area contributed by atoms with Crippen LogP contribution in [0, 0.1) is 56.7 Å². The van der Waals surface area contributed by atoms with Crippen molar-refractivity contribution in [2.45, 2.75) is 131 Å². The zero-order valence-electron chi connectivity index (χ0n) is 23.1. The van der Waals surface area contributed by atoms with Crippen molar-refractivity contribution in [2.24, 2.45) is 56.7 Å². The first-order valence-corrected chi connectivity index (χ1v) is 14.2. The smallest absolute Gasteiger partial charge is 0.0623 e. The van der Waals surface area contributed by atoms with E-state index >= 15 is 0 Å². The van der Waals surface area contributed by atoms with Crippen LogP contribution in [0.2, 0.25) is 0 Å². The molecule has 0 aromatic heterocycles. The standard InChI is InChI=1S/C30H52O4/c1-25(2)22(33)12-14-28(6)21-10-9-20-27(5)13-11-17(26(3,4)34)23(27)18(31)15-29(20,7)30(21,8)16-19(32)24(25)28/h17-24,31-34H,9-16H2,1-8H3/t17-,18+,19+,20-,21-,22+,23-,24+,27-,28-,29-,30-/m1/s1. The van der Waals surface area contributed by atoms with Crippen molar-refractivity contribution in [1.82, 2.24) is 0 Å². The maximum absolute atomic E-state index is 11.8. The molecule has 0 heterocycles. The van der Waals surface area contributed by atoms with Gasteiger partial charge in [-0.05, 0) is 122 Å². The molecule has 4 heteroatoms. The van der Waals surface area contributed by atoms with E-state index in [4.69, 9.17) is 0 Å². The van der Waals surface area contributed by atoms with Crippen LogP contribution in [0.5, 0.6) is 0 Å². The van der Waals surface area contributed by atoms with Gasteiger partial charge in [-0.3, -0.25) is 0 Å². The highest BCUT2D eigenvalue weighted by atomic mass is 16.3. The molecule has 0 radical (unpaired) electrons. The summed E-state index contributed by atoms with van der Waals surface area (Å²) in [4.78, 5) is 0. The number of hydrogen-bond acceptors (Lipinski definition) is 4. The average Bonchev–Trinajstić information content (AvgIpc) is 3.05. The number of aliphatic hydroxyl groups is 4. The van der Waals surface area contributed by atoms with E-state index in [-0.39, 0.29) is 50.9 Å². The predicted octanol–water partition coefficient (Wildman–Crippen LogP) is 5.16. The molecule has 34 heavy (non-hydrogen) atoms. The summed E-state index contributed by atoms with van der Waals surface area (Å²) in [7, 11) is 0. The lowest BCUT2D eigenvalue weighted by molar-refractivity contribution is -0.289. The first-order valence-electron chi connectivity index (χ1n) is 14.2. The van der Waals surface area contributed by atoms with E-state index in [0.29, 0.717) is 11.8 Å². The van der Waals surface area contributed by atoms with Gasteiger partial charge in [0.2, 0.25) is 0 Å². The lowest BCUT2D eigenvalue weighted by atomic mass is 9.31. The minimum absolute atomic E-state index is 0.00284. The molecule has 0 saturated heterocycles. The fourth-order valence-electron chi connectivity index (χ4n) is 12.3. The van der Waals surface area contributed by atoms with E-state index in [9.17, 15) is 20.4 Å². The Kier molecular flexibility index (Phi) is 5.42.